The molecule has 2 N–H and O–H groups in total. The van der Waals surface area contributed by atoms with Crippen LogP contribution in [0.15, 0.2) is 54.1 Å². The number of benzene rings is 2. The Morgan fingerprint density at radius 1 is 1.17 bits per heavy atom. The lowest BCUT2D eigenvalue weighted by atomic mass is 10.1. The smallest absolute Gasteiger partial charge is 0.344 e. The third kappa shape index (κ3) is 4.37. The van der Waals surface area contributed by atoms with E-state index in [1.807, 2.05) is 6.07 Å². The second-order valence-corrected chi connectivity index (χ2v) is 6.21. The highest BCUT2D eigenvalue weighted by atomic mass is 16.5. The van der Waals surface area contributed by atoms with Crippen LogP contribution in [-0.4, -0.2) is 35.6 Å². The zero-order valence-corrected chi connectivity index (χ0v) is 15.9. The Labute approximate surface area is 167 Å². The van der Waals surface area contributed by atoms with Gasteiger partial charge in [-0.25, -0.2) is 9.80 Å². The van der Waals surface area contributed by atoms with Crippen LogP contribution in [-0.2, 0) is 14.4 Å². The van der Waals surface area contributed by atoms with Crippen LogP contribution in [0.5, 0.6) is 11.5 Å². The van der Waals surface area contributed by atoms with Crippen LogP contribution in [0.25, 0.3) is 6.08 Å². The SMILES string of the molecule is CCOc1cc(/C=C2/C(=O)NN(c3ccccc3)C2=O)ccc1O[C@H](C)C(=O)O. The van der Waals surface area contributed by atoms with Gasteiger partial charge in [0.15, 0.2) is 17.6 Å². The van der Waals surface area contributed by atoms with Gasteiger partial charge in [0.2, 0.25) is 0 Å². The largest absolute Gasteiger partial charge is 0.490 e. The summed E-state index contributed by atoms with van der Waals surface area (Å²) in [4.78, 5) is 36.0. The molecule has 0 bridgehead atoms. The molecule has 0 spiro atoms. The summed E-state index contributed by atoms with van der Waals surface area (Å²) < 4.78 is 10.9. The average molecular weight is 396 g/mol. The van der Waals surface area contributed by atoms with Gasteiger partial charge in [-0.15, -0.1) is 0 Å². The number of ether oxygens (including phenoxy) is 2. The predicted molar refractivity (Wildman–Crippen MR) is 105 cm³/mol. The summed E-state index contributed by atoms with van der Waals surface area (Å²) in [5, 5.41) is 10.2. The lowest BCUT2D eigenvalue weighted by Crippen LogP contribution is -2.35. The minimum atomic E-state index is -1.10. The Kier molecular flexibility index (Phi) is 5.82. The number of carboxylic acids is 1. The van der Waals surface area contributed by atoms with Crippen LogP contribution >= 0.6 is 0 Å². The van der Waals surface area contributed by atoms with Crippen LogP contribution in [0.2, 0.25) is 0 Å². The molecule has 2 aromatic carbocycles. The van der Waals surface area contributed by atoms with E-state index in [2.05, 4.69) is 5.43 Å². The fraction of sp³-hybridized carbons (Fsp3) is 0.190. The number of hydrogen-bond donors (Lipinski definition) is 2. The summed E-state index contributed by atoms with van der Waals surface area (Å²) >= 11 is 0. The first-order valence-electron chi connectivity index (χ1n) is 8.99. The van der Waals surface area contributed by atoms with Crippen LogP contribution in [0.1, 0.15) is 19.4 Å². The van der Waals surface area contributed by atoms with Crippen molar-refractivity contribution in [3.8, 4) is 11.5 Å². The molecule has 0 unspecified atom stereocenters. The number of aliphatic carboxylic acids is 1. The number of carbonyl (C=O) groups is 3. The molecular formula is C21H20N2O6. The van der Waals surface area contributed by atoms with Crippen LogP contribution in [0, 0.1) is 0 Å². The minimum absolute atomic E-state index is 0.0242. The number of para-hydroxylation sites is 1. The van der Waals surface area contributed by atoms with Crippen molar-refractivity contribution in [1.82, 2.24) is 5.43 Å². The molecule has 0 aliphatic carbocycles. The van der Waals surface area contributed by atoms with Gasteiger partial charge in [-0.3, -0.25) is 15.0 Å². The molecule has 3 rings (SSSR count). The fourth-order valence-electron chi connectivity index (χ4n) is 2.70. The zero-order valence-electron chi connectivity index (χ0n) is 15.9. The summed E-state index contributed by atoms with van der Waals surface area (Å²) in [6.07, 6.45) is 0.396. The number of nitrogens with one attached hydrogen (secondary N) is 1. The number of hydrogen-bond acceptors (Lipinski definition) is 5. The van der Waals surface area contributed by atoms with Crippen molar-refractivity contribution in [2.75, 3.05) is 11.6 Å². The molecule has 29 heavy (non-hydrogen) atoms. The van der Waals surface area contributed by atoms with Gasteiger partial charge >= 0.3 is 5.97 Å². The van der Waals surface area contributed by atoms with E-state index in [0.717, 1.165) is 0 Å². The van der Waals surface area contributed by atoms with Gasteiger partial charge in [0.05, 0.1) is 12.3 Å². The summed E-state index contributed by atoms with van der Waals surface area (Å²) in [5.41, 5.74) is 3.60. The number of carboxylic acid groups (broad SMARTS) is 1. The van der Waals surface area contributed by atoms with Crippen molar-refractivity contribution in [2.24, 2.45) is 0 Å². The first kappa shape index (κ1) is 19.9. The fourth-order valence-corrected chi connectivity index (χ4v) is 2.70. The summed E-state index contributed by atoms with van der Waals surface area (Å²) in [6.45, 7) is 3.52. The van der Waals surface area contributed by atoms with Gasteiger partial charge in [0.1, 0.15) is 5.57 Å². The number of nitrogens with zero attached hydrogens (tertiary/aromatic N) is 1. The monoisotopic (exact) mass is 396 g/mol. The van der Waals surface area contributed by atoms with Crippen molar-refractivity contribution in [3.63, 3.8) is 0 Å². The van der Waals surface area contributed by atoms with Gasteiger partial charge in [-0.1, -0.05) is 24.3 Å². The zero-order chi connectivity index (χ0) is 21.0. The van der Waals surface area contributed by atoms with E-state index in [1.54, 1.807) is 49.4 Å². The average Bonchev–Trinajstić information content (AvgIpc) is 2.99. The van der Waals surface area contributed by atoms with E-state index < -0.39 is 23.9 Å². The summed E-state index contributed by atoms with van der Waals surface area (Å²) in [7, 11) is 0. The quantitative estimate of drug-likeness (QED) is 0.550. The molecule has 0 saturated carbocycles. The highest BCUT2D eigenvalue weighted by Gasteiger charge is 2.34. The van der Waals surface area contributed by atoms with Gasteiger partial charge in [-0.05, 0) is 49.8 Å². The van der Waals surface area contributed by atoms with Crippen molar-refractivity contribution < 1.29 is 29.0 Å². The highest BCUT2D eigenvalue weighted by molar-refractivity contribution is 6.31. The standard InChI is InChI=1S/C21H20N2O6/c1-3-28-18-12-14(9-10-17(18)29-13(2)21(26)27)11-16-19(24)22-23(20(16)25)15-7-5-4-6-8-15/h4-13H,3H2,1-2H3,(H,22,24)(H,26,27)/b16-11-/t13-/m1/s1. The Bertz CT molecular complexity index is 970. The molecular weight excluding hydrogens is 376 g/mol. The molecule has 2 amide bonds. The van der Waals surface area contributed by atoms with Crippen LogP contribution in [0.4, 0.5) is 5.69 Å². The Morgan fingerprint density at radius 2 is 1.90 bits per heavy atom. The Balaban J connectivity index is 1.89. The lowest BCUT2D eigenvalue weighted by molar-refractivity contribution is -0.144. The molecule has 150 valence electrons. The molecule has 1 aliphatic rings. The molecule has 0 aromatic heterocycles. The van der Waals surface area contributed by atoms with E-state index in [1.165, 1.54) is 18.0 Å². The van der Waals surface area contributed by atoms with E-state index in [-0.39, 0.29) is 11.3 Å². The van der Waals surface area contributed by atoms with Crippen molar-refractivity contribution >= 4 is 29.5 Å². The number of amides is 2. The van der Waals surface area contributed by atoms with E-state index in [9.17, 15) is 14.4 Å². The third-order valence-corrected chi connectivity index (χ3v) is 4.14. The van der Waals surface area contributed by atoms with Gasteiger partial charge in [0.25, 0.3) is 11.8 Å². The molecule has 1 fully saturated rings. The van der Waals surface area contributed by atoms with Crippen molar-refractivity contribution in [3.05, 3.63) is 59.7 Å². The van der Waals surface area contributed by atoms with Crippen molar-refractivity contribution in [1.29, 1.82) is 0 Å². The van der Waals surface area contributed by atoms with Crippen LogP contribution in [0.3, 0.4) is 0 Å². The lowest BCUT2D eigenvalue weighted by Gasteiger charge is -2.15. The van der Waals surface area contributed by atoms with E-state index in [4.69, 9.17) is 14.6 Å². The third-order valence-electron chi connectivity index (χ3n) is 4.14. The predicted octanol–water partition coefficient (Wildman–Crippen LogP) is 2.40. The first-order valence-corrected chi connectivity index (χ1v) is 8.99. The summed E-state index contributed by atoms with van der Waals surface area (Å²) in [6, 6.07) is 13.5. The minimum Gasteiger partial charge on any atom is -0.490 e. The highest BCUT2D eigenvalue weighted by Crippen LogP contribution is 2.31. The summed E-state index contributed by atoms with van der Waals surface area (Å²) in [5.74, 6) is -1.51. The molecule has 1 aliphatic heterocycles. The number of carbonyl (C=O) groups excluding carboxylic acids is 2. The maximum atomic E-state index is 12.7. The normalized spacial score (nSPS) is 15.9. The first-order chi connectivity index (χ1) is 13.9. The van der Waals surface area contributed by atoms with E-state index in [0.29, 0.717) is 23.6 Å². The Morgan fingerprint density at radius 3 is 2.55 bits per heavy atom. The topological polar surface area (TPSA) is 105 Å². The van der Waals surface area contributed by atoms with E-state index >= 15 is 0 Å². The maximum absolute atomic E-state index is 12.7. The maximum Gasteiger partial charge on any atom is 0.344 e. The number of hydrazine groups is 1. The molecule has 1 heterocycles. The van der Waals surface area contributed by atoms with Crippen LogP contribution < -0.4 is 19.9 Å². The molecule has 8 nitrogen and oxygen atoms in total. The molecule has 2 aromatic rings. The van der Waals surface area contributed by atoms with Gasteiger partial charge in [-0.2, -0.15) is 0 Å². The molecule has 1 atom stereocenters. The second-order valence-electron chi connectivity index (χ2n) is 6.21. The number of rotatable bonds is 7. The number of anilines is 1. The molecule has 8 heteroatoms. The molecule has 1 saturated heterocycles. The van der Waals surface area contributed by atoms with Crippen molar-refractivity contribution in [2.45, 2.75) is 20.0 Å². The van der Waals surface area contributed by atoms with Gasteiger partial charge in [0, 0.05) is 0 Å². The van der Waals surface area contributed by atoms with Gasteiger partial charge < -0.3 is 14.6 Å². The second kappa shape index (κ2) is 8.47. The molecule has 0 radical (unpaired) electrons. The Hall–Kier alpha value is -3.81.